The van der Waals surface area contributed by atoms with E-state index in [0.717, 1.165) is 22.4 Å². The van der Waals surface area contributed by atoms with E-state index in [-0.39, 0.29) is 29.8 Å². The molecule has 2 aromatic rings. The van der Waals surface area contributed by atoms with Crippen molar-refractivity contribution in [1.82, 2.24) is 5.32 Å². The van der Waals surface area contributed by atoms with E-state index in [9.17, 15) is 9.59 Å². The van der Waals surface area contributed by atoms with Gasteiger partial charge in [-0.1, -0.05) is 42.5 Å². The Balaban J connectivity index is 2.05. The first kappa shape index (κ1) is 20.1. The first-order valence-electron chi connectivity index (χ1n) is 9.69. The van der Waals surface area contributed by atoms with Crippen molar-refractivity contribution in [2.75, 3.05) is 11.4 Å². The van der Waals surface area contributed by atoms with Crippen LogP contribution in [0.3, 0.4) is 0 Å². The zero-order valence-electron chi connectivity index (χ0n) is 17.0. The molecule has 3 N–H and O–H groups in total. The number of rotatable bonds is 3. The van der Waals surface area contributed by atoms with E-state index < -0.39 is 6.04 Å². The second-order valence-electron chi connectivity index (χ2n) is 8.59. The van der Waals surface area contributed by atoms with Crippen LogP contribution >= 0.6 is 0 Å². The average Bonchev–Trinajstić information content (AvgIpc) is 2.71. The minimum atomic E-state index is -0.666. The highest BCUT2D eigenvalue weighted by Crippen LogP contribution is 2.39. The highest BCUT2D eigenvalue weighted by Gasteiger charge is 2.35. The van der Waals surface area contributed by atoms with E-state index in [2.05, 4.69) is 23.5 Å². The molecule has 1 aliphatic heterocycles. The number of amides is 2. The molecular formula is C23H29N3O2. The summed E-state index contributed by atoms with van der Waals surface area (Å²) in [6.45, 7) is 7.71. The molecule has 0 spiro atoms. The zero-order valence-corrected chi connectivity index (χ0v) is 17.0. The van der Waals surface area contributed by atoms with Gasteiger partial charge in [0.05, 0.1) is 6.04 Å². The Morgan fingerprint density at radius 2 is 1.86 bits per heavy atom. The number of fused-ring (bicyclic) bond motifs is 1. The first-order valence-corrected chi connectivity index (χ1v) is 9.69. The van der Waals surface area contributed by atoms with Crippen LogP contribution in [0, 0.1) is 6.92 Å². The Morgan fingerprint density at radius 1 is 1.18 bits per heavy atom. The maximum atomic E-state index is 13.1. The number of nitrogens with one attached hydrogen (secondary N) is 1. The second-order valence-corrected chi connectivity index (χ2v) is 8.59. The number of carbonyl (C=O) groups is 2. The summed E-state index contributed by atoms with van der Waals surface area (Å²) in [6, 6.07) is 15.5. The van der Waals surface area contributed by atoms with Gasteiger partial charge in [0.1, 0.15) is 6.54 Å². The molecule has 5 heteroatoms. The molecule has 2 atom stereocenters. The Labute approximate surface area is 166 Å². The molecule has 2 amide bonds. The van der Waals surface area contributed by atoms with E-state index in [1.54, 1.807) is 4.90 Å². The van der Waals surface area contributed by atoms with E-state index in [0.29, 0.717) is 6.42 Å². The topological polar surface area (TPSA) is 75.4 Å². The molecule has 148 valence electrons. The molecule has 1 heterocycles. The van der Waals surface area contributed by atoms with Gasteiger partial charge in [-0.3, -0.25) is 9.59 Å². The number of nitrogens with zero attached hydrogens (tertiary/aromatic N) is 1. The fraction of sp³-hybridized carbons (Fsp3) is 0.391. The molecule has 3 rings (SSSR count). The number of nitrogens with two attached hydrogens (primary N) is 1. The fourth-order valence-electron chi connectivity index (χ4n) is 3.75. The van der Waals surface area contributed by atoms with Gasteiger partial charge in [-0.2, -0.15) is 0 Å². The van der Waals surface area contributed by atoms with Gasteiger partial charge < -0.3 is 16.0 Å². The van der Waals surface area contributed by atoms with Gasteiger partial charge in [0, 0.05) is 17.1 Å². The maximum absolute atomic E-state index is 13.1. The summed E-state index contributed by atoms with van der Waals surface area (Å²) in [5.74, 6) is -0.403. The summed E-state index contributed by atoms with van der Waals surface area (Å²) < 4.78 is 0. The number of anilines is 1. The average molecular weight is 380 g/mol. The molecule has 1 aliphatic rings. The number of benzene rings is 2. The van der Waals surface area contributed by atoms with Crippen molar-refractivity contribution < 1.29 is 9.59 Å². The third kappa shape index (κ3) is 4.42. The van der Waals surface area contributed by atoms with Crippen LogP contribution < -0.4 is 16.0 Å². The lowest BCUT2D eigenvalue weighted by Crippen LogP contribution is -2.50. The Morgan fingerprint density at radius 3 is 2.50 bits per heavy atom. The van der Waals surface area contributed by atoms with E-state index in [4.69, 9.17) is 5.73 Å². The van der Waals surface area contributed by atoms with Crippen molar-refractivity contribution in [1.29, 1.82) is 0 Å². The highest BCUT2D eigenvalue weighted by atomic mass is 16.2. The van der Waals surface area contributed by atoms with E-state index in [1.807, 2.05) is 58.0 Å². The van der Waals surface area contributed by atoms with Crippen LogP contribution in [-0.2, 0) is 9.59 Å². The fourth-order valence-corrected chi connectivity index (χ4v) is 3.75. The van der Waals surface area contributed by atoms with Crippen molar-refractivity contribution in [2.45, 2.75) is 51.6 Å². The van der Waals surface area contributed by atoms with Crippen molar-refractivity contribution >= 4 is 17.5 Å². The largest absolute Gasteiger partial charge is 0.350 e. The lowest BCUT2D eigenvalue weighted by Gasteiger charge is -2.27. The van der Waals surface area contributed by atoms with Gasteiger partial charge in [0.25, 0.3) is 0 Å². The van der Waals surface area contributed by atoms with Crippen LogP contribution in [0.4, 0.5) is 5.69 Å². The van der Waals surface area contributed by atoms with E-state index >= 15 is 0 Å². The molecule has 0 bridgehead atoms. The molecular weight excluding hydrogens is 350 g/mol. The normalized spacial score (nSPS) is 19.8. The number of hydrogen-bond donors (Lipinski definition) is 2. The summed E-state index contributed by atoms with van der Waals surface area (Å²) in [6.07, 6.45) is 0.510. The summed E-state index contributed by atoms with van der Waals surface area (Å²) in [7, 11) is 0. The predicted molar refractivity (Wildman–Crippen MR) is 112 cm³/mol. The van der Waals surface area contributed by atoms with Crippen molar-refractivity contribution in [3.05, 3.63) is 65.2 Å². The first-order chi connectivity index (χ1) is 13.2. The summed E-state index contributed by atoms with van der Waals surface area (Å²) in [5, 5.41) is 2.94. The lowest BCUT2D eigenvalue weighted by atomic mass is 9.86. The van der Waals surface area contributed by atoms with Crippen LogP contribution in [0.2, 0.25) is 0 Å². The minimum absolute atomic E-state index is 0.00595. The molecule has 5 nitrogen and oxygen atoms in total. The van der Waals surface area contributed by atoms with Gasteiger partial charge in [-0.05, 0) is 56.9 Å². The SMILES string of the molecule is Cc1ccc2c(c1)N(CC(=O)NC(C)(C)C)C(=O)C(N)CC2c1ccccc1. The van der Waals surface area contributed by atoms with Gasteiger partial charge in [0.15, 0.2) is 0 Å². The van der Waals surface area contributed by atoms with Gasteiger partial charge >= 0.3 is 0 Å². The van der Waals surface area contributed by atoms with Crippen LogP contribution in [-0.4, -0.2) is 29.9 Å². The molecule has 2 unspecified atom stereocenters. The molecule has 0 saturated carbocycles. The van der Waals surface area contributed by atoms with Gasteiger partial charge in [-0.25, -0.2) is 0 Å². The number of aryl methyl sites for hydroxylation is 1. The van der Waals surface area contributed by atoms with Crippen molar-refractivity contribution in [2.24, 2.45) is 5.73 Å². The predicted octanol–water partition coefficient (Wildman–Crippen LogP) is 3.11. The van der Waals surface area contributed by atoms with Crippen molar-refractivity contribution in [3.63, 3.8) is 0 Å². The molecule has 2 aromatic carbocycles. The quantitative estimate of drug-likeness (QED) is 0.860. The van der Waals surface area contributed by atoms with Crippen LogP contribution in [0.1, 0.15) is 49.8 Å². The molecule has 0 aromatic heterocycles. The summed E-state index contributed by atoms with van der Waals surface area (Å²) >= 11 is 0. The number of hydrogen-bond acceptors (Lipinski definition) is 3. The summed E-state index contributed by atoms with van der Waals surface area (Å²) in [5.41, 5.74) is 9.89. The van der Waals surface area contributed by atoms with Gasteiger partial charge in [0.2, 0.25) is 11.8 Å². The Kier molecular flexibility index (Phi) is 5.57. The van der Waals surface area contributed by atoms with Crippen LogP contribution in [0.15, 0.2) is 48.5 Å². The number of carbonyl (C=O) groups excluding carboxylic acids is 2. The smallest absolute Gasteiger partial charge is 0.244 e. The lowest BCUT2D eigenvalue weighted by molar-refractivity contribution is -0.125. The monoisotopic (exact) mass is 379 g/mol. The maximum Gasteiger partial charge on any atom is 0.244 e. The van der Waals surface area contributed by atoms with Crippen LogP contribution in [0.25, 0.3) is 0 Å². The van der Waals surface area contributed by atoms with Gasteiger partial charge in [-0.15, -0.1) is 0 Å². The third-order valence-electron chi connectivity index (χ3n) is 4.94. The zero-order chi connectivity index (χ0) is 20.5. The minimum Gasteiger partial charge on any atom is -0.350 e. The molecule has 28 heavy (non-hydrogen) atoms. The molecule has 0 aliphatic carbocycles. The highest BCUT2D eigenvalue weighted by molar-refractivity contribution is 6.03. The molecule has 0 radical (unpaired) electrons. The summed E-state index contributed by atoms with van der Waals surface area (Å²) in [4.78, 5) is 27.3. The van der Waals surface area contributed by atoms with Crippen LogP contribution in [0.5, 0.6) is 0 Å². The Hall–Kier alpha value is -2.66. The standard InChI is InChI=1S/C23H29N3O2/c1-15-10-11-17-18(16-8-6-5-7-9-16)13-19(24)22(28)26(20(17)12-15)14-21(27)25-23(2,3)4/h5-12,18-19H,13-14,24H2,1-4H3,(H,25,27). The second kappa shape index (κ2) is 7.76. The van der Waals surface area contributed by atoms with Crippen molar-refractivity contribution in [3.8, 4) is 0 Å². The third-order valence-corrected chi connectivity index (χ3v) is 4.94. The van der Waals surface area contributed by atoms with E-state index in [1.165, 1.54) is 0 Å². The Bertz CT molecular complexity index is 871. The molecule has 0 saturated heterocycles. The molecule has 0 fully saturated rings.